The van der Waals surface area contributed by atoms with Crippen molar-refractivity contribution < 1.29 is 6.85 Å². The first-order valence-corrected chi connectivity index (χ1v) is 56.7. The highest BCUT2D eigenvalue weighted by Gasteiger charge is 2.49. The number of para-hydroxylation sites is 2. The van der Waals surface area contributed by atoms with Crippen LogP contribution in [0.25, 0.3) is 101 Å². The number of nitrogens with zero attached hydrogens (tertiary/aromatic N) is 6. The van der Waals surface area contributed by atoms with Gasteiger partial charge in [-0.15, -0.1) is 0 Å². The van der Waals surface area contributed by atoms with Gasteiger partial charge in [0.2, 0.25) is 11.9 Å². The van der Waals surface area contributed by atoms with E-state index in [0.29, 0.717) is 17.6 Å². The molecular weight excluding hydrogens is 1830 g/mol. The van der Waals surface area contributed by atoms with Crippen molar-refractivity contribution in [2.24, 2.45) is 0 Å². The standard InChI is InChI=1S/C78H55N3Si2.C60H41N3Si/c1-7-25-56(26-8-1)82(57-27-9-2-10-28-57,58-29-11-3-12-30-58)62-47-43-54(44-48-62)70-53-71(55-45-49-63(50-46-55)83(59-31-13-4-14-32-59,60-33-15-5-16-34-60)61-35-17-6-18-36-61)80-78(79-70)81-72-42-24-23-41-68(72)76-73(81)52-51-69-74-64-37-19-21-39-66(64)75(77(69)76)67-40-22-20-38-65(67)74;1-5-20-40(21-6-1)52-39-53(41-22-19-29-45(38-41)64(42-23-7-2-8-24-42,43-25-9-3-10-26-43)44-27-11-4-12-28-44)62-60(61-52)63-54-35-18-17-34-50(54)58-55(63)37-36-51-56-46-30-13-15-32-48(46)57(59(51)58)49-33-16-14-31-47(49)56/h1-53,74-75H;1-39,56-57H/i;1D,5D,6D,20D,21D. The highest BCUT2D eigenvalue weighted by molar-refractivity contribution is 7.21. The molecule has 0 amide bonds. The third-order valence-corrected chi connectivity index (χ3v) is 46.1. The lowest BCUT2D eigenvalue weighted by Crippen LogP contribution is -2.74. The van der Waals surface area contributed by atoms with Crippen molar-refractivity contribution >= 4 is 130 Å². The number of rotatable bonds is 18. The lowest BCUT2D eigenvalue weighted by atomic mass is 9.60. The summed E-state index contributed by atoms with van der Waals surface area (Å²) < 4.78 is 48.8. The van der Waals surface area contributed by atoms with Crippen LogP contribution in [0.3, 0.4) is 0 Å². The Morgan fingerprint density at radius 1 is 0.177 bits per heavy atom. The van der Waals surface area contributed by atoms with Gasteiger partial charge in [-0.05, 0) is 165 Å². The fourth-order valence-corrected chi connectivity index (χ4v) is 40.1. The zero-order valence-corrected chi connectivity index (χ0v) is 83.2. The van der Waals surface area contributed by atoms with Crippen LogP contribution in [0.1, 0.15) is 97.3 Å². The molecule has 6 aliphatic rings. The summed E-state index contributed by atoms with van der Waals surface area (Å²) in [6.45, 7) is 0. The predicted octanol–water partition coefficient (Wildman–Crippen LogP) is 23.9. The minimum absolute atomic E-state index is 0.0141. The first-order chi connectivity index (χ1) is 75.0. The summed E-state index contributed by atoms with van der Waals surface area (Å²) in [6, 6.07) is 191. The van der Waals surface area contributed by atoms with Crippen LogP contribution < -0.4 is 62.2 Å². The van der Waals surface area contributed by atoms with E-state index in [2.05, 4.69) is 525 Å². The molecule has 0 saturated carbocycles. The molecule has 0 saturated heterocycles. The minimum Gasteiger partial charge on any atom is -0.278 e. The van der Waals surface area contributed by atoms with Crippen molar-refractivity contribution in [2.45, 2.75) is 23.7 Å². The third-order valence-electron chi connectivity index (χ3n) is 31.8. The van der Waals surface area contributed by atoms with Crippen LogP contribution in [-0.2, 0) is 0 Å². The molecule has 0 spiro atoms. The molecule has 0 atom stereocenters. The maximum atomic E-state index is 9.19. The Morgan fingerprint density at radius 3 is 0.728 bits per heavy atom. The van der Waals surface area contributed by atoms with E-state index in [1.807, 2.05) is 6.07 Å². The van der Waals surface area contributed by atoms with E-state index in [9.17, 15) is 2.74 Å². The van der Waals surface area contributed by atoms with Crippen molar-refractivity contribution in [1.82, 2.24) is 29.1 Å². The first-order valence-electron chi connectivity index (χ1n) is 53.2. The van der Waals surface area contributed by atoms with Crippen LogP contribution in [0.4, 0.5) is 0 Å². The number of benzene rings is 21. The van der Waals surface area contributed by atoms with Crippen molar-refractivity contribution in [3.63, 3.8) is 0 Å². The van der Waals surface area contributed by atoms with Gasteiger partial charge < -0.3 is 0 Å². The highest BCUT2D eigenvalue weighted by atomic mass is 28.3. The molecule has 0 fully saturated rings. The summed E-state index contributed by atoms with van der Waals surface area (Å²) in [5.41, 5.74) is 25.8. The largest absolute Gasteiger partial charge is 0.278 e. The number of hydrogen-bond donors (Lipinski definition) is 0. The van der Waals surface area contributed by atoms with Gasteiger partial charge in [0, 0.05) is 67.5 Å². The van der Waals surface area contributed by atoms with E-state index in [4.69, 9.17) is 24.0 Å². The minimum atomic E-state index is -2.97. The van der Waals surface area contributed by atoms with Gasteiger partial charge in [0.15, 0.2) is 24.2 Å². The monoisotopic (exact) mass is 1930 g/mol. The second-order valence-corrected chi connectivity index (χ2v) is 50.5. The van der Waals surface area contributed by atoms with Gasteiger partial charge in [-0.1, -0.05) is 522 Å². The topological polar surface area (TPSA) is 61.4 Å². The zero-order chi connectivity index (χ0) is 101. The molecule has 147 heavy (non-hydrogen) atoms. The van der Waals surface area contributed by atoms with Crippen LogP contribution in [0, 0.1) is 0 Å². The van der Waals surface area contributed by atoms with Gasteiger partial charge in [0.1, 0.15) is 0 Å². The summed E-state index contributed by atoms with van der Waals surface area (Å²) in [7, 11) is -8.56. The van der Waals surface area contributed by atoms with Crippen LogP contribution in [0.5, 0.6) is 0 Å². The summed E-state index contributed by atoms with van der Waals surface area (Å²) in [4.78, 5) is 22.2. The van der Waals surface area contributed by atoms with Crippen molar-refractivity contribution in [1.29, 1.82) is 0 Å². The van der Waals surface area contributed by atoms with Crippen LogP contribution in [0.15, 0.2) is 558 Å². The molecule has 6 nitrogen and oxygen atoms in total. The molecule has 21 aromatic carbocycles. The Kier molecular flexibility index (Phi) is 19.9. The molecule has 9 heteroatoms. The van der Waals surface area contributed by atoms with E-state index in [1.165, 1.54) is 135 Å². The average molecular weight is 1930 g/mol. The summed E-state index contributed by atoms with van der Waals surface area (Å²) >= 11 is 0. The number of fused-ring (bicyclic) bond motifs is 6. The van der Waals surface area contributed by atoms with Gasteiger partial charge >= 0.3 is 0 Å². The second-order valence-electron chi connectivity index (χ2n) is 39.0. The molecule has 4 aromatic heterocycles. The van der Waals surface area contributed by atoms with Crippen LogP contribution >= 0.6 is 0 Å². The highest BCUT2D eigenvalue weighted by Crippen LogP contribution is 2.61. The first kappa shape index (κ1) is 81.6. The smallest absolute Gasteiger partial charge is 0.235 e. The Morgan fingerprint density at radius 2 is 0.422 bits per heavy atom. The van der Waals surface area contributed by atoms with E-state index >= 15 is 0 Å². The Bertz CT molecular complexity index is 9090. The van der Waals surface area contributed by atoms with E-state index in [0.717, 1.165) is 66.1 Å². The molecule has 0 radical (unpaired) electrons. The number of hydrogen-bond acceptors (Lipinski definition) is 4. The summed E-state index contributed by atoms with van der Waals surface area (Å²) in [5, 5.41) is 20.2. The summed E-state index contributed by atoms with van der Waals surface area (Å²) in [6.07, 6.45) is 0. The fourth-order valence-electron chi connectivity index (χ4n) is 25.8. The molecule has 0 N–H and O–H groups in total. The molecule has 0 aliphatic heterocycles. The van der Waals surface area contributed by atoms with Crippen LogP contribution in [0.2, 0.25) is 0 Å². The van der Waals surface area contributed by atoms with Gasteiger partial charge in [0.25, 0.3) is 0 Å². The quantitative estimate of drug-likeness (QED) is 0.0634. The average Bonchev–Trinajstić information content (AvgIpc) is 1.39. The normalized spacial score (nSPS) is 15.0. The molecular formula is C138H96N6Si3. The summed E-state index contributed by atoms with van der Waals surface area (Å²) in [5.74, 6) is 1.34. The predicted molar refractivity (Wildman–Crippen MR) is 615 cm³/mol. The number of aromatic nitrogens is 6. The van der Waals surface area contributed by atoms with E-state index in [1.54, 1.807) is 6.07 Å². The lowest BCUT2D eigenvalue weighted by Gasteiger charge is -2.42. The lowest BCUT2D eigenvalue weighted by molar-refractivity contribution is 0.761. The molecule has 0 unspecified atom stereocenters. The zero-order valence-electron chi connectivity index (χ0n) is 85.2. The SMILES string of the molecule is [2H]c1c([2H])c([2H])c(-c2cc(-c3cccc([Si](c4ccccc4)(c4ccccc4)c4ccccc4)c3)nc(-n3c4ccccc4c4c5c(ccc43)C3c4ccccc4C5c4ccccc43)n2)c([2H])c1[2H].c1ccc([Si](c2ccccc2)(c2ccccc2)c2ccc(-c3cc(-c4ccc([Si](c5ccccc5)(c5ccccc5)c5ccccc5)cc4)nc(-n4c5ccccc5c5c6c(ccc54)C4c5ccccc5C6c5ccccc54)n3)cc2)cc1. The molecule has 6 aliphatic carbocycles. The maximum Gasteiger partial charge on any atom is 0.235 e. The van der Waals surface area contributed by atoms with E-state index in [-0.39, 0.29) is 47.0 Å². The molecule has 31 rings (SSSR count). The van der Waals surface area contributed by atoms with Crippen molar-refractivity contribution in [2.75, 3.05) is 0 Å². The van der Waals surface area contributed by atoms with Gasteiger partial charge in [-0.3, -0.25) is 9.13 Å². The van der Waals surface area contributed by atoms with Gasteiger partial charge in [-0.2, -0.15) is 0 Å². The third kappa shape index (κ3) is 13.8. The van der Waals surface area contributed by atoms with Crippen molar-refractivity contribution in [3.8, 4) is 56.9 Å². The van der Waals surface area contributed by atoms with Crippen molar-refractivity contribution in [3.05, 3.63) is 625 Å². The van der Waals surface area contributed by atoms with E-state index < -0.39 is 42.3 Å². The molecule has 690 valence electrons. The second kappa shape index (κ2) is 35.9. The Labute approximate surface area is 865 Å². The van der Waals surface area contributed by atoms with Gasteiger partial charge in [0.05, 0.1) is 51.7 Å². The molecule has 4 bridgehead atoms. The Hall–Kier alpha value is -18.0. The fraction of sp³-hybridized carbons (Fsp3) is 0.0290. The van der Waals surface area contributed by atoms with Gasteiger partial charge in [-0.25, -0.2) is 19.9 Å². The molecule has 25 aromatic rings. The molecule has 4 heterocycles. The Balaban J connectivity index is 0.000000148. The maximum absolute atomic E-state index is 9.19. The van der Waals surface area contributed by atoms with Crippen LogP contribution in [-0.4, -0.2) is 53.3 Å².